The number of piperidine rings is 1. The van der Waals surface area contributed by atoms with Gasteiger partial charge in [0.05, 0.1) is 12.0 Å². The molecule has 2 rings (SSSR count). The zero-order chi connectivity index (χ0) is 20.7. The van der Waals surface area contributed by atoms with Crippen molar-refractivity contribution in [2.45, 2.75) is 45.6 Å². The van der Waals surface area contributed by atoms with E-state index in [-0.39, 0.29) is 24.5 Å². The normalized spacial score (nSPS) is 18.4. The predicted molar refractivity (Wildman–Crippen MR) is 110 cm³/mol. The Labute approximate surface area is 169 Å². The maximum atomic E-state index is 12.4. The zero-order valence-electron chi connectivity index (χ0n) is 17.3. The molecule has 1 fully saturated rings. The minimum Gasteiger partial charge on any atom is -0.491 e. The average molecular weight is 412 g/mol. The molecule has 1 saturated heterocycles. The summed E-state index contributed by atoms with van der Waals surface area (Å²) in [7, 11) is -0.434. The van der Waals surface area contributed by atoms with E-state index in [9.17, 15) is 13.2 Å². The number of ether oxygens (including phenoxy) is 1. The minimum atomic E-state index is -3.46. The molecule has 1 atom stereocenters. The Morgan fingerprint density at radius 3 is 2.57 bits per heavy atom. The second kappa shape index (κ2) is 10.2. The van der Waals surface area contributed by atoms with Gasteiger partial charge in [-0.2, -0.15) is 17.0 Å². The molecule has 0 spiro atoms. The monoisotopic (exact) mass is 411 g/mol. The number of nitrogens with zero attached hydrogens (tertiary/aromatic N) is 2. The first-order chi connectivity index (χ1) is 13.2. The quantitative estimate of drug-likeness (QED) is 0.631. The van der Waals surface area contributed by atoms with Crippen molar-refractivity contribution in [1.29, 1.82) is 0 Å². The van der Waals surface area contributed by atoms with Crippen LogP contribution in [-0.4, -0.2) is 62.8 Å². The summed E-state index contributed by atoms with van der Waals surface area (Å²) < 4.78 is 32.8. The van der Waals surface area contributed by atoms with Crippen molar-refractivity contribution in [2.24, 2.45) is 5.92 Å². The number of hydrogen-bond donors (Lipinski definition) is 1. The summed E-state index contributed by atoms with van der Waals surface area (Å²) in [6.07, 6.45) is 3.29. The van der Waals surface area contributed by atoms with Crippen LogP contribution < -0.4 is 10.1 Å². The highest BCUT2D eigenvalue weighted by Crippen LogP contribution is 2.20. The lowest BCUT2D eigenvalue weighted by molar-refractivity contribution is -0.126. The van der Waals surface area contributed by atoms with Gasteiger partial charge < -0.3 is 10.1 Å². The zero-order valence-corrected chi connectivity index (χ0v) is 18.2. The number of carbonyl (C=O) groups excluding carboxylic acids is 1. The summed E-state index contributed by atoms with van der Waals surface area (Å²) in [5, 5.41) is 2.96. The molecule has 0 bridgehead atoms. The van der Waals surface area contributed by atoms with Gasteiger partial charge in [0.15, 0.2) is 0 Å². The van der Waals surface area contributed by atoms with Crippen LogP contribution >= 0.6 is 0 Å². The maximum Gasteiger partial charge on any atom is 0.281 e. The average Bonchev–Trinajstić information content (AvgIpc) is 2.66. The van der Waals surface area contributed by atoms with Gasteiger partial charge in [0.25, 0.3) is 10.2 Å². The lowest BCUT2D eigenvalue weighted by Crippen LogP contribution is -2.48. The Balaban J connectivity index is 1.75. The van der Waals surface area contributed by atoms with E-state index in [1.165, 1.54) is 28.3 Å². The fourth-order valence-corrected chi connectivity index (χ4v) is 4.44. The van der Waals surface area contributed by atoms with Gasteiger partial charge in [-0.3, -0.25) is 4.79 Å². The Morgan fingerprint density at radius 2 is 1.96 bits per heavy atom. The molecule has 1 aromatic carbocycles. The first-order valence-corrected chi connectivity index (χ1v) is 11.3. The molecule has 0 unspecified atom stereocenters. The molecule has 158 valence electrons. The van der Waals surface area contributed by atoms with E-state index in [2.05, 4.69) is 5.32 Å². The first kappa shape index (κ1) is 22.6. The fraction of sp³-hybridized carbons (Fsp3) is 0.650. The largest absolute Gasteiger partial charge is 0.491 e. The topological polar surface area (TPSA) is 79.0 Å². The number of amides is 1. The molecule has 7 nitrogen and oxygen atoms in total. The third kappa shape index (κ3) is 6.46. The molecule has 1 aliphatic rings. The lowest BCUT2D eigenvalue weighted by Gasteiger charge is -2.32. The van der Waals surface area contributed by atoms with Crippen LogP contribution in [-0.2, 0) is 21.4 Å². The summed E-state index contributed by atoms with van der Waals surface area (Å²) in [6, 6.07) is 8.03. The highest BCUT2D eigenvalue weighted by molar-refractivity contribution is 7.86. The van der Waals surface area contributed by atoms with Gasteiger partial charge in [-0.15, -0.1) is 0 Å². The van der Waals surface area contributed by atoms with Crippen molar-refractivity contribution >= 4 is 16.1 Å². The molecule has 1 aromatic rings. The third-order valence-corrected chi connectivity index (χ3v) is 6.69. The van der Waals surface area contributed by atoms with Crippen LogP contribution in [0.5, 0.6) is 5.75 Å². The number of nitrogens with one attached hydrogen (secondary N) is 1. The molecule has 8 heteroatoms. The number of aryl methyl sites for hydroxylation is 1. The molecule has 1 heterocycles. The molecule has 0 radical (unpaired) electrons. The van der Waals surface area contributed by atoms with Gasteiger partial charge in [0.1, 0.15) is 5.75 Å². The van der Waals surface area contributed by atoms with Gasteiger partial charge in [0, 0.05) is 33.7 Å². The summed E-state index contributed by atoms with van der Waals surface area (Å²) in [5.74, 6) is 0.525. The van der Waals surface area contributed by atoms with Crippen molar-refractivity contribution in [2.75, 3.05) is 33.7 Å². The second-order valence-corrected chi connectivity index (χ2v) is 9.83. The Bertz CT molecular complexity index is 732. The van der Waals surface area contributed by atoms with Crippen LogP contribution in [0.15, 0.2) is 24.3 Å². The van der Waals surface area contributed by atoms with E-state index in [4.69, 9.17) is 4.74 Å². The summed E-state index contributed by atoms with van der Waals surface area (Å²) >= 11 is 0. The van der Waals surface area contributed by atoms with Crippen molar-refractivity contribution in [1.82, 2.24) is 13.9 Å². The molecule has 1 amide bonds. The molecule has 1 N–H and O–H groups in total. The Morgan fingerprint density at radius 1 is 1.29 bits per heavy atom. The number of benzene rings is 1. The molecule has 0 saturated carbocycles. The molecule has 1 aliphatic heterocycles. The van der Waals surface area contributed by atoms with Gasteiger partial charge in [0.2, 0.25) is 5.91 Å². The number of rotatable bonds is 9. The van der Waals surface area contributed by atoms with Crippen LogP contribution in [0.25, 0.3) is 0 Å². The summed E-state index contributed by atoms with van der Waals surface area (Å²) in [5.41, 5.74) is 1.20. The Kier molecular flexibility index (Phi) is 8.27. The smallest absolute Gasteiger partial charge is 0.281 e. The molecule has 0 aliphatic carbocycles. The number of hydrogen-bond acceptors (Lipinski definition) is 4. The molecule has 0 aromatic heterocycles. The van der Waals surface area contributed by atoms with Crippen molar-refractivity contribution < 1.29 is 17.9 Å². The van der Waals surface area contributed by atoms with Crippen LogP contribution in [0.3, 0.4) is 0 Å². The van der Waals surface area contributed by atoms with Crippen LogP contribution in [0, 0.1) is 5.92 Å². The van der Waals surface area contributed by atoms with Crippen LogP contribution in [0.4, 0.5) is 0 Å². The Hall–Kier alpha value is -1.64. The number of carbonyl (C=O) groups is 1. The second-order valence-electron chi connectivity index (χ2n) is 7.69. The first-order valence-electron chi connectivity index (χ1n) is 9.91. The third-order valence-electron chi connectivity index (χ3n) is 4.78. The standard InChI is InChI=1S/C20H33N3O4S/c1-16(2)27-19-11-9-17(10-12-19)7-5-13-21-20(24)18-8-6-14-23(15-18)28(25,26)22(3)4/h9-12,16,18H,5-8,13-15H2,1-4H3,(H,21,24)/t18-/m1/s1. The van der Waals surface area contributed by atoms with E-state index in [0.29, 0.717) is 19.5 Å². The van der Waals surface area contributed by atoms with E-state index < -0.39 is 10.2 Å². The van der Waals surface area contributed by atoms with Crippen molar-refractivity contribution in [3.63, 3.8) is 0 Å². The molecular formula is C20H33N3O4S. The molecule has 28 heavy (non-hydrogen) atoms. The van der Waals surface area contributed by atoms with E-state index in [1.54, 1.807) is 0 Å². The van der Waals surface area contributed by atoms with Crippen molar-refractivity contribution in [3.8, 4) is 5.75 Å². The predicted octanol–water partition coefficient (Wildman–Crippen LogP) is 2.04. The van der Waals surface area contributed by atoms with E-state index >= 15 is 0 Å². The van der Waals surface area contributed by atoms with E-state index in [0.717, 1.165) is 25.0 Å². The highest BCUT2D eigenvalue weighted by atomic mass is 32.2. The van der Waals surface area contributed by atoms with Gasteiger partial charge >= 0.3 is 0 Å². The van der Waals surface area contributed by atoms with Gasteiger partial charge in [-0.25, -0.2) is 0 Å². The van der Waals surface area contributed by atoms with E-state index in [1.807, 2.05) is 38.1 Å². The van der Waals surface area contributed by atoms with Crippen LogP contribution in [0.2, 0.25) is 0 Å². The van der Waals surface area contributed by atoms with Crippen LogP contribution in [0.1, 0.15) is 38.7 Å². The highest BCUT2D eigenvalue weighted by Gasteiger charge is 2.33. The summed E-state index contributed by atoms with van der Waals surface area (Å²) in [6.45, 7) is 5.31. The van der Waals surface area contributed by atoms with Gasteiger partial charge in [-0.05, 0) is 57.2 Å². The fourth-order valence-electron chi connectivity index (χ4n) is 3.25. The maximum absolute atomic E-state index is 12.4. The minimum absolute atomic E-state index is 0.0562. The SMILES string of the molecule is CC(C)Oc1ccc(CCCNC(=O)[C@@H]2CCCN(S(=O)(=O)N(C)C)C2)cc1. The molecular weight excluding hydrogens is 378 g/mol. The lowest BCUT2D eigenvalue weighted by atomic mass is 9.99. The van der Waals surface area contributed by atoms with Gasteiger partial charge in [-0.1, -0.05) is 12.1 Å². The summed E-state index contributed by atoms with van der Waals surface area (Å²) in [4.78, 5) is 12.4. The van der Waals surface area contributed by atoms with Crippen molar-refractivity contribution in [3.05, 3.63) is 29.8 Å².